The molecule has 3 heterocycles. The third-order valence-corrected chi connectivity index (χ3v) is 11.6. The summed E-state index contributed by atoms with van der Waals surface area (Å²) in [5.41, 5.74) is 13.9. The first kappa shape index (κ1) is 27.9. The molecule has 0 N–H and O–H groups in total. The zero-order valence-corrected chi connectivity index (χ0v) is 28.1. The molecule has 242 valence electrons. The molecule has 1 aliphatic heterocycles. The highest BCUT2D eigenvalue weighted by atomic mass is 16.5. The minimum atomic E-state index is -0.617. The molecule has 0 bridgehead atoms. The van der Waals surface area contributed by atoms with Crippen LogP contribution in [0.3, 0.4) is 0 Å². The largest absolute Gasteiger partial charge is 0.457 e. The van der Waals surface area contributed by atoms with E-state index in [2.05, 4.69) is 191 Å². The van der Waals surface area contributed by atoms with Crippen molar-refractivity contribution in [3.63, 3.8) is 0 Å². The Kier molecular flexibility index (Phi) is 5.43. The lowest BCUT2D eigenvalue weighted by molar-refractivity contribution is 0.436. The minimum absolute atomic E-state index is 0.617. The van der Waals surface area contributed by atoms with Crippen molar-refractivity contribution in [1.29, 1.82) is 0 Å². The second-order valence-electron chi connectivity index (χ2n) is 14.1. The molecule has 0 atom stereocenters. The smallest absolute Gasteiger partial charge is 0.132 e. The molecule has 3 heteroatoms. The van der Waals surface area contributed by atoms with Gasteiger partial charge in [-0.15, -0.1) is 0 Å². The Balaban J connectivity index is 1.30. The number of ether oxygens (including phenoxy) is 1. The van der Waals surface area contributed by atoms with Gasteiger partial charge in [-0.05, 0) is 95.1 Å². The van der Waals surface area contributed by atoms with Crippen molar-refractivity contribution >= 4 is 43.6 Å². The van der Waals surface area contributed by atoms with Gasteiger partial charge in [0.25, 0.3) is 0 Å². The van der Waals surface area contributed by atoms with Crippen LogP contribution in [0.15, 0.2) is 182 Å². The van der Waals surface area contributed by atoms with Crippen molar-refractivity contribution in [3.05, 3.63) is 204 Å². The minimum Gasteiger partial charge on any atom is -0.457 e. The lowest BCUT2D eigenvalue weighted by Gasteiger charge is -2.39. The van der Waals surface area contributed by atoms with Crippen LogP contribution >= 0.6 is 0 Å². The van der Waals surface area contributed by atoms with Crippen molar-refractivity contribution in [2.75, 3.05) is 0 Å². The fraction of sp³-hybridized carbons (Fsp3) is 0.0204. The van der Waals surface area contributed by atoms with E-state index in [9.17, 15) is 0 Å². The van der Waals surface area contributed by atoms with Gasteiger partial charge in [0.2, 0.25) is 0 Å². The zero-order valence-electron chi connectivity index (χ0n) is 28.1. The summed E-state index contributed by atoms with van der Waals surface area (Å²) in [7, 11) is 0. The Morgan fingerprint density at radius 1 is 0.327 bits per heavy atom. The topological polar surface area (TPSA) is 19.1 Å². The number of hydrogen-bond acceptors (Lipinski definition) is 1. The van der Waals surface area contributed by atoms with Gasteiger partial charge >= 0.3 is 0 Å². The highest BCUT2D eigenvalue weighted by Gasteiger charge is 2.51. The molecule has 0 saturated heterocycles. The lowest BCUT2D eigenvalue weighted by Crippen LogP contribution is -2.32. The van der Waals surface area contributed by atoms with Crippen LogP contribution in [0.25, 0.3) is 66.1 Å². The summed E-state index contributed by atoms with van der Waals surface area (Å²) in [6, 6.07) is 66.4. The molecule has 2 aromatic heterocycles. The summed E-state index contributed by atoms with van der Waals surface area (Å²) in [6.45, 7) is 0. The molecule has 1 spiro atoms. The average molecular weight is 663 g/mol. The standard InChI is InChI=1S/C49H30N2O/c1-3-15-31(16-4-1)50-43-23-11-7-19-33(43)37-27-35-36-28-38-34-20-8-12-24-44(34)51(32-17-5-2-6-18-32)46(38)30-42(36)49(41(35)29-45(37)50)39-21-9-13-25-47(39)52-48-26-14-10-22-40(48)49/h1-30H. The van der Waals surface area contributed by atoms with E-state index in [1.165, 1.54) is 65.9 Å². The van der Waals surface area contributed by atoms with E-state index in [1.54, 1.807) is 0 Å². The molecule has 1 aliphatic carbocycles. The van der Waals surface area contributed by atoms with E-state index in [0.717, 1.165) is 34.0 Å². The first-order chi connectivity index (χ1) is 25.8. The highest BCUT2D eigenvalue weighted by Crippen LogP contribution is 2.63. The second-order valence-corrected chi connectivity index (χ2v) is 14.1. The number of aromatic nitrogens is 2. The van der Waals surface area contributed by atoms with E-state index < -0.39 is 5.41 Å². The molecule has 12 rings (SSSR count). The van der Waals surface area contributed by atoms with Crippen LogP contribution in [0.1, 0.15) is 22.3 Å². The third kappa shape index (κ3) is 3.45. The maximum Gasteiger partial charge on any atom is 0.132 e. The van der Waals surface area contributed by atoms with Gasteiger partial charge in [-0.3, -0.25) is 0 Å². The Morgan fingerprint density at radius 2 is 0.731 bits per heavy atom. The van der Waals surface area contributed by atoms with Crippen LogP contribution in [0.4, 0.5) is 0 Å². The third-order valence-electron chi connectivity index (χ3n) is 11.6. The average Bonchev–Trinajstić information content (AvgIpc) is 3.81. The van der Waals surface area contributed by atoms with Gasteiger partial charge in [0.05, 0.1) is 27.5 Å². The molecule has 52 heavy (non-hydrogen) atoms. The first-order valence-corrected chi connectivity index (χ1v) is 17.9. The highest BCUT2D eigenvalue weighted by molar-refractivity contribution is 6.15. The molecule has 0 radical (unpaired) electrons. The maximum absolute atomic E-state index is 6.74. The number of hydrogen-bond donors (Lipinski definition) is 0. The molecular weight excluding hydrogens is 633 g/mol. The zero-order chi connectivity index (χ0) is 34.0. The van der Waals surface area contributed by atoms with E-state index in [1.807, 2.05) is 0 Å². The fourth-order valence-electron chi connectivity index (χ4n) is 9.53. The monoisotopic (exact) mass is 662 g/mol. The van der Waals surface area contributed by atoms with Crippen molar-refractivity contribution in [2.45, 2.75) is 5.41 Å². The van der Waals surface area contributed by atoms with Crippen molar-refractivity contribution in [1.82, 2.24) is 9.13 Å². The Labute approximate surface area is 300 Å². The number of nitrogens with zero attached hydrogens (tertiary/aromatic N) is 2. The quantitative estimate of drug-likeness (QED) is 0.180. The summed E-state index contributed by atoms with van der Waals surface area (Å²) >= 11 is 0. The molecular formula is C49H30N2O. The Hall–Kier alpha value is -6.84. The van der Waals surface area contributed by atoms with Crippen LogP contribution in [0, 0.1) is 0 Å². The van der Waals surface area contributed by atoms with Crippen LogP contribution in [0.5, 0.6) is 11.5 Å². The van der Waals surface area contributed by atoms with Gasteiger partial charge in [0.1, 0.15) is 11.5 Å². The van der Waals surface area contributed by atoms with E-state index in [-0.39, 0.29) is 0 Å². The van der Waals surface area contributed by atoms with Crippen molar-refractivity contribution in [2.24, 2.45) is 0 Å². The van der Waals surface area contributed by atoms with Crippen LogP contribution in [0.2, 0.25) is 0 Å². The number of benzene rings is 8. The predicted octanol–water partition coefficient (Wildman–Crippen LogP) is 12.3. The van der Waals surface area contributed by atoms with E-state index in [0.29, 0.717) is 0 Å². The molecule has 0 fully saturated rings. The lowest BCUT2D eigenvalue weighted by atomic mass is 9.66. The fourth-order valence-corrected chi connectivity index (χ4v) is 9.53. The van der Waals surface area contributed by atoms with Gasteiger partial charge in [-0.2, -0.15) is 0 Å². The summed E-state index contributed by atoms with van der Waals surface area (Å²) in [4.78, 5) is 0. The van der Waals surface area contributed by atoms with E-state index in [4.69, 9.17) is 4.74 Å². The van der Waals surface area contributed by atoms with Gasteiger partial charge in [0.15, 0.2) is 0 Å². The van der Waals surface area contributed by atoms with Gasteiger partial charge in [-0.25, -0.2) is 0 Å². The summed E-state index contributed by atoms with van der Waals surface area (Å²) in [5.74, 6) is 1.79. The number of rotatable bonds is 2. The SMILES string of the molecule is c1ccc(-n2c3ccccc3c3cc4c(cc32)C2(c3ccccc3Oc3ccccc32)c2cc3c(cc2-4)c2ccccc2n3-c2ccccc2)cc1. The Bertz CT molecular complexity index is 2880. The predicted molar refractivity (Wildman–Crippen MR) is 212 cm³/mol. The second kappa shape index (κ2) is 10.1. The number of fused-ring (bicyclic) bond motifs is 15. The van der Waals surface area contributed by atoms with Gasteiger partial charge in [-0.1, -0.05) is 109 Å². The summed E-state index contributed by atoms with van der Waals surface area (Å²) in [6.07, 6.45) is 0. The molecule has 3 nitrogen and oxygen atoms in total. The summed E-state index contributed by atoms with van der Waals surface area (Å²) < 4.78 is 11.6. The molecule has 2 aliphatic rings. The van der Waals surface area contributed by atoms with Crippen molar-refractivity contribution < 1.29 is 4.74 Å². The molecule has 0 saturated carbocycles. The van der Waals surface area contributed by atoms with Crippen LogP contribution in [-0.2, 0) is 5.41 Å². The van der Waals surface area contributed by atoms with Gasteiger partial charge in [0, 0.05) is 44.0 Å². The molecule has 0 amide bonds. The normalized spacial score (nSPS) is 13.7. The first-order valence-electron chi connectivity index (χ1n) is 17.9. The maximum atomic E-state index is 6.74. The van der Waals surface area contributed by atoms with Crippen LogP contribution < -0.4 is 4.74 Å². The van der Waals surface area contributed by atoms with Gasteiger partial charge < -0.3 is 13.9 Å². The summed E-state index contributed by atoms with van der Waals surface area (Å²) in [5, 5.41) is 5.01. The number of para-hydroxylation sites is 6. The Morgan fingerprint density at radius 3 is 1.21 bits per heavy atom. The van der Waals surface area contributed by atoms with E-state index >= 15 is 0 Å². The molecule has 10 aromatic rings. The molecule has 8 aromatic carbocycles. The molecule has 0 unspecified atom stereocenters. The van der Waals surface area contributed by atoms with Crippen LogP contribution in [-0.4, -0.2) is 9.13 Å². The van der Waals surface area contributed by atoms with Crippen molar-refractivity contribution in [3.8, 4) is 34.0 Å².